The van der Waals surface area contributed by atoms with Crippen LogP contribution in [0.2, 0.25) is 0 Å². The van der Waals surface area contributed by atoms with E-state index in [0.29, 0.717) is 5.75 Å². The Morgan fingerprint density at radius 2 is 1.86 bits per heavy atom. The van der Waals surface area contributed by atoms with E-state index in [0.717, 1.165) is 0 Å². The maximum absolute atomic E-state index is 11.0. The predicted molar refractivity (Wildman–Crippen MR) is 75.3 cm³/mol. The number of nitrogens with zero attached hydrogens (tertiary/aromatic N) is 3. The summed E-state index contributed by atoms with van der Waals surface area (Å²) in [6.45, 7) is 1.80. The molecule has 0 radical (unpaired) electrons. The van der Waals surface area contributed by atoms with Crippen molar-refractivity contribution in [3.05, 3.63) is 46.1 Å². The molecule has 0 amide bonds. The van der Waals surface area contributed by atoms with Gasteiger partial charge >= 0.3 is 5.69 Å². The fourth-order valence-corrected chi connectivity index (χ4v) is 1.69. The summed E-state index contributed by atoms with van der Waals surface area (Å²) in [5.74, 6) is 0.465. The second-order valence-electron chi connectivity index (χ2n) is 4.09. The van der Waals surface area contributed by atoms with Gasteiger partial charge in [0.25, 0.3) is 5.88 Å². The van der Waals surface area contributed by atoms with Crippen molar-refractivity contribution in [2.75, 3.05) is 18.9 Å². The van der Waals surface area contributed by atoms with E-state index in [1.165, 1.54) is 6.92 Å². The summed E-state index contributed by atoms with van der Waals surface area (Å²) in [7, 11) is 0. The minimum Gasteiger partial charge on any atom is -0.490 e. The molecule has 0 spiro atoms. The molecule has 2 aromatic rings. The molecule has 0 saturated carbocycles. The van der Waals surface area contributed by atoms with Crippen molar-refractivity contribution in [3.8, 4) is 11.6 Å². The highest BCUT2D eigenvalue weighted by Crippen LogP contribution is 2.27. The normalized spacial score (nSPS) is 10.1. The molecule has 1 aromatic carbocycles. The van der Waals surface area contributed by atoms with E-state index >= 15 is 0 Å². The lowest BCUT2D eigenvalue weighted by molar-refractivity contribution is -0.387. The standard InChI is InChI=1S/C13H14N4O4/c1-9-11(17(18)19)12(16-13(14)15-9)21-8-7-20-10-5-3-2-4-6-10/h2-6H,7-8H2,1H3,(H2,14,15,16). The second-order valence-corrected chi connectivity index (χ2v) is 4.09. The van der Waals surface area contributed by atoms with Crippen LogP contribution in [0, 0.1) is 17.0 Å². The fraction of sp³-hybridized carbons (Fsp3) is 0.231. The molecule has 8 heteroatoms. The monoisotopic (exact) mass is 290 g/mol. The van der Waals surface area contributed by atoms with Crippen molar-refractivity contribution < 1.29 is 14.4 Å². The van der Waals surface area contributed by atoms with Crippen LogP contribution in [0.5, 0.6) is 11.6 Å². The number of nitrogens with two attached hydrogens (primary N) is 1. The lowest BCUT2D eigenvalue weighted by Gasteiger charge is -2.09. The number of aromatic nitrogens is 2. The Hall–Kier alpha value is -2.90. The Morgan fingerprint density at radius 3 is 2.52 bits per heavy atom. The second kappa shape index (κ2) is 6.51. The highest BCUT2D eigenvalue weighted by atomic mass is 16.6. The van der Waals surface area contributed by atoms with Crippen LogP contribution in [-0.4, -0.2) is 28.1 Å². The van der Waals surface area contributed by atoms with Gasteiger partial charge in [0.15, 0.2) is 0 Å². The predicted octanol–water partition coefficient (Wildman–Crippen LogP) is 1.73. The van der Waals surface area contributed by atoms with Gasteiger partial charge in [-0.1, -0.05) is 18.2 Å². The van der Waals surface area contributed by atoms with Gasteiger partial charge in [-0.15, -0.1) is 0 Å². The number of benzene rings is 1. The van der Waals surface area contributed by atoms with Gasteiger partial charge in [0, 0.05) is 0 Å². The molecule has 21 heavy (non-hydrogen) atoms. The zero-order chi connectivity index (χ0) is 15.2. The summed E-state index contributed by atoms with van der Waals surface area (Å²) in [6.07, 6.45) is 0. The molecule has 110 valence electrons. The van der Waals surface area contributed by atoms with E-state index in [4.69, 9.17) is 15.2 Å². The Balaban J connectivity index is 1.98. The van der Waals surface area contributed by atoms with Crippen molar-refractivity contribution in [2.24, 2.45) is 0 Å². The summed E-state index contributed by atoms with van der Waals surface area (Å²) in [6, 6.07) is 9.16. The largest absolute Gasteiger partial charge is 0.490 e. The Morgan fingerprint density at radius 1 is 1.19 bits per heavy atom. The molecule has 0 saturated heterocycles. The first-order chi connectivity index (χ1) is 10.1. The van der Waals surface area contributed by atoms with Crippen LogP contribution in [-0.2, 0) is 0 Å². The SMILES string of the molecule is Cc1nc(N)nc(OCCOc2ccccc2)c1[N+](=O)[O-]. The molecule has 0 fully saturated rings. The van der Waals surface area contributed by atoms with Crippen LogP contribution in [0.3, 0.4) is 0 Å². The van der Waals surface area contributed by atoms with Crippen molar-refractivity contribution in [2.45, 2.75) is 6.92 Å². The fourth-order valence-electron chi connectivity index (χ4n) is 1.69. The van der Waals surface area contributed by atoms with E-state index in [1.807, 2.05) is 18.2 Å². The summed E-state index contributed by atoms with van der Waals surface area (Å²) in [5, 5.41) is 11.0. The maximum atomic E-state index is 11.0. The van der Waals surface area contributed by atoms with Crippen LogP contribution in [0.4, 0.5) is 11.6 Å². The molecule has 1 aromatic heterocycles. The van der Waals surface area contributed by atoms with Crippen LogP contribution >= 0.6 is 0 Å². The van der Waals surface area contributed by atoms with Crippen LogP contribution in [0.1, 0.15) is 5.69 Å². The van der Waals surface area contributed by atoms with E-state index < -0.39 is 4.92 Å². The van der Waals surface area contributed by atoms with Crippen molar-refractivity contribution >= 4 is 11.6 Å². The molecule has 2 rings (SSSR count). The first-order valence-electron chi connectivity index (χ1n) is 6.17. The molecule has 0 unspecified atom stereocenters. The third-order valence-electron chi connectivity index (χ3n) is 2.56. The number of nitro groups is 1. The van der Waals surface area contributed by atoms with Gasteiger partial charge in [-0.25, -0.2) is 4.98 Å². The van der Waals surface area contributed by atoms with Crippen molar-refractivity contribution in [1.29, 1.82) is 0 Å². The average Bonchev–Trinajstić information content (AvgIpc) is 2.43. The van der Waals surface area contributed by atoms with Gasteiger partial charge in [0.1, 0.15) is 24.7 Å². The quantitative estimate of drug-likeness (QED) is 0.489. The number of aryl methyl sites for hydroxylation is 1. The van der Waals surface area contributed by atoms with E-state index in [-0.39, 0.29) is 36.4 Å². The molecular formula is C13H14N4O4. The summed E-state index contributed by atoms with van der Waals surface area (Å²) >= 11 is 0. The van der Waals surface area contributed by atoms with Crippen LogP contribution in [0.25, 0.3) is 0 Å². The molecule has 0 atom stereocenters. The maximum Gasteiger partial charge on any atom is 0.352 e. The highest BCUT2D eigenvalue weighted by Gasteiger charge is 2.22. The van der Waals surface area contributed by atoms with Gasteiger partial charge in [0.2, 0.25) is 5.95 Å². The molecule has 8 nitrogen and oxygen atoms in total. The molecule has 0 aliphatic heterocycles. The molecule has 0 bridgehead atoms. The molecule has 0 aliphatic carbocycles. The number of rotatable bonds is 6. The third-order valence-corrected chi connectivity index (χ3v) is 2.56. The lowest BCUT2D eigenvalue weighted by Crippen LogP contribution is -2.12. The van der Waals surface area contributed by atoms with Gasteiger partial charge in [-0.2, -0.15) is 4.98 Å². The molecule has 1 heterocycles. The van der Waals surface area contributed by atoms with Gasteiger partial charge in [-0.3, -0.25) is 10.1 Å². The Kier molecular flexibility index (Phi) is 4.50. The first kappa shape index (κ1) is 14.5. The molecule has 0 aliphatic rings. The molecule has 2 N–H and O–H groups in total. The minimum atomic E-state index is -0.595. The van der Waals surface area contributed by atoms with Crippen LogP contribution < -0.4 is 15.2 Å². The Bertz CT molecular complexity index is 634. The summed E-state index contributed by atoms with van der Waals surface area (Å²) < 4.78 is 10.7. The highest BCUT2D eigenvalue weighted by molar-refractivity contribution is 5.47. The number of ether oxygens (including phenoxy) is 2. The minimum absolute atomic E-state index is 0.0722. The first-order valence-corrected chi connectivity index (χ1v) is 6.17. The number of anilines is 1. The number of para-hydroxylation sites is 1. The topological polar surface area (TPSA) is 113 Å². The number of hydrogen-bond donors (Lipinski definition) is 1. The number of nitrogen functional groups attached to an aromatic ring is 1. The zero-order valence-electron chi connectivity index (χ0n) is 11.4. The van der Waals surface area contributed by atoms with Crippen molar-refractivity contribution in [1.82, 2.24) is 9.97 Å². The van der Waals surface area contributed by atoms with Crippen molar-refractivity contribution in [3.63, 3.8) is 0 Å². The van der Waals surface area contributed by atoms with Gasteiger partial charge < -0.3 is 15.2 Å². The molecular weight excluding hydrogens is 276 g/mol. The average molecular weight is 290 g/mol. The smallest absolute Gasteiger partial charge is 0.352 e. The Labute approximate surface area is 120 Å². The van der Waals surface area contributed by atoms with E-state index in [9.17, 15) is 10.1 Å². The zero-order valence-corrected chi connectivity index (χ0v) is 11.4. The summed E-state index contributed by atoms with van der Waals surface area (Å²) in [5.41, 5.74) is 5.34. The van der Waals surface area contributed by atoms with Crippen LogP contribution in [0.15, 0.2) is 30.3 Å². The third kappa shape index (κ3) is 3.78. The lowest BCUT2D eigenvalue weighted by atomic mass is 10.3. The van der Waals surface area contributed by atoms with E-state index in [1.54, 1.807) is 12.1 Å². The van der Waals surface area contributed by atoms with E-state index in [2.05, 4.69) is 9.97 Å². The summed E-state index contributed by atoms with van der Waals surface area (Å²) in [4.78, 5) is 17.9. The number of hydrogen-bond acceptors (Lipinski definition) is 7. The van der Waals surface area contributed by atoms with Gasteiger partial charge in [0.05, 0.1) is 4.92 Å². The van der Waals surface area contributed by atoms with Gasteiger partial charge in [-0.05, 0) is 19.1 Å².